The smallest absolute Gasteiger partial charge is 0.0728 e. The zero-order valence-corrected chi connectivity index (χ0v) is 7.88. The van der Waals surface area contributed by atoms with Gasteiger partial charge < -0.3 is 10.2 Å². The van der Waals surface area contributed by atoms with Crippen LogP contribution in [0.25, 0.3) is 0 Å². The van der Waals surface area contributed by atoms with Gasteiger partial charge in [0.05, 0.1) is 5.60 Å². The van der Waals surface area contributed by atoms with Crippen LogP contribution in [0.5, 0.6) is 0 Å². The molecule has 0 aliphatic heterocycles. The summed E-state index contributed by atoms with van der Waals surface area (Å²) in [6, 6.07) is 0. The molecule has 2 N–H and O–H groups in total. The van der Waals surface area contributed by atoms with Crippen LogP contribution < -0.4 is 0 Å². The third-order valence-electron chi connectivity index (χ3n) is 4.59. The Morgan fingerprint density at radius 2 is 2.08 bits per heavy atom. The molecular weight excluding hydrogens is 152 g/mol. The minimum Gasteiger partial charge on any atom is -0.396 e. The van der Waals surface area contributed by atoms with Crippen molar-refractivity contribution < 1.29 is 10.2 Å². The topological polar surface area (TPSA) is 40.5 Å². The van der Waals surface area contributed by atoms with Gasteiger partial charge in [0.1, 0.15) is 0 Å². The van der Waals surface area contributed by atoms with Crippen LogP contribution in [0.1, 0.15) is 33.1 Å². The predicted molar refractivity (Wildman–Crippen MR) is 46.6 cm³/mol. The standard InChI is InChI=1S/C10H18O2/c1-9-5-3-4-7(9)8(6-11)10(9,2)12/h7-8,11-12H,3-6H2,1-2H3. The normalized spacial score (nSPS) is 58.0. The van der Waals surface area contributed by atoms with Gasteiger partial charge in [0.15, 0.2) is 0 Å². The molecule has 2 fully saturated rings. The number of hydrogen-bond acceptors (Lipinski definition) is 2. The minimum atomic E-state index is -0.622. The van der Waals surface area contributed by atoms with Gasteiger partial charge in [-0.25, -0.2) is 0 Å². The molecule has 2 saturated carbocycles. The van der Waals surface area contributed by atoms with Gasteiger partial charge in [-0.15, -0.1) is 0 Å². The molecule has 0 saturated heterocycles. The monoisotopic (exact) mass is 170 g/mol. The Kier molecular flexibility index (Phi) is 1.59. The van der Waals surface area contributed by atoms with Gasteiger partial charge >= 0.3 is 0 Å². The van der Waals surface area contributed by atoms with Gasteiger partial charge in [-0.05, 0) is 31.1 Å². The SMILES string of the molecule is CC1(O)C(CO)C2CCCC21C. The lowest BCUT2D eigenvalue weighted by molar-refractivity contribution is -0.242. The molecule has 2 aliphatic carbocycles. The Morgan fingerprint density at radius 3 is 2.67 bits per heavy atom. The first-order valence-corrected chi connectivity index (χ1v) is 4.87. The fraction of sp³-hybridized carbons (Fsp3) is 1.00. The molecule has 2 rings (SSSR count). The maximum absolute atomic E-state index is 10.1. The van der Waals surface area contributed by atoms with Crippen LogP contribution in [-0.4, -0.2) is 22.4 Å². The molecule has 2 heteroatoms. The zero-order chi connectivity index (χ0) is 8.98. The van der Waals surface area contributed by atoms with Crippen LogP contribution in [0.15, 0.2) is 0 Å². The number of aliphatic hydroxyl groups excluding tert-OH is 1. The van der Waals surface area contributed by atoms with Crippen LogP contribution >= 0.6 is 0 Å². The van der Waals surface area contributed by atoms with E-state index in [1.54, 1.807) is 0 Å². The molecule has 2 aliphatic rings. The van der Waals surface area contributed by atoms with E-state index in [0.717, 1.165) is 6.42 Å². The lowest BCUT2D eigenvalue weighted by Gasteiger charge is -2.61. The molecule has 0 spiro atoms. The Balaban J connectivity index is 2.25. The van der Waals surface area contributed by atoms with Crippen LogP contribution in [0.4, 0.5) is 0 Å². The van der Waals surface area contributed by atoms with E-state index in [2.05, 4.69) is 6.92 Å². The Hall–Kier alpha value is -0.0800. The summed E-state index contributed by atoms with van der Waals surface area (Å²) in [6.07, 6.45) is 3.53. The van der Waals surface area contributed by atoms with Gasteiger partial charge in [0, 0.05) is 12.5 Å². The average molecular weight is 170 g/mol. The van der Waals surface area contributed by atoms with Crippen molar-refractivity contribution in [2.24, 2.45) is 17.3 Å². The van der Waals surface area contributed by atoms with Crippen molar-refractivity contribution >= 4 is 0 Å². The highest BCUT2D eigenvalue weighted by molar-refractivity contribution is 5.16. The summed E-state index contributed by atoms with van der Waals surface area (Å²) < 4.78 is 0. The highest BCUT2D eigenvalue weighted by Gasteiger charge is 2.67. The van der Waals surface area contributed by atoms with E-state index in [-0.39, 0.29) is 17.9 Å². The second-order valence-corrected chi connectivity index (χ2v) is 4.85. The van der Waals surface area contributed by atoms with E-state index in [0.29, 0.717) is 5.92 Å². The van der Waals surface area contributed by atoms with Gasteiger partial charge in [-0.3, -0.25) is 0 Å². The molecule has 0 amide bonds. The van der Waals surface area contributed by atoms with Crippen molar-refractivity contribution in [1.82, 2.24) is 0 Å². The second-order valence-electron chi connectivity index (χ2n) is 4.85. The third kappa shape index (κ3) is 0.686. The summed E-state index contributed by atoms with van der Waals surface area (Å²) in [5, 5.41) is 19.3. The minimum absolute atomic E-state index is 0.0976. The number of rotatable bonds is 1. The van der Waals surface area contributed by atoms with Crippen molar-refractivity contribution in [3.8, 4) is 0 Å². The predicted octanol–water partition coefficient (Wildman–Crippen LogP) is 1.17. The van der Waals surface area contributed by atoms with Crippen LogP contribution in [-0.2, 0) is 0 Å². The van der Waals surface area contributed by atoms with Crippen molar-refractivity contribution in [3.05, 3.63) is 0 Å². The molecular formula is C10H18O2. The van der Waals surface area contributed by atoms with Gasteiger partial charge in [-0.2, -0.15) is 0 Å². The summed E-state index contributed by atoms with van der Waals surface area (Å²) in [4.78, 5) is 0. The summed E-state index contributed by atoms with van der Waals surface area (Å²) in [5.74, 6) is 0.697. The fourth-order valence-corrected chi connectivity index (χ4v) is 3.49. The Labute approximate surface area is 73.6 Å². The van der Waals surface area contributed by atoms with Crippen LogP contribution in [0.3, 0.4) is 0 Å². The largest absolute Gasteiger partial charge is 0.396 e. The lowest BCUT2D eigenvalue weighted by Crippen LogP contribution is -2.66. The van der Waals surface area contributed by atoms with Crippen molar-refractivity contribution in [3.63, 3.8) is 0 Å². The molecule has 12 heavy (non-hydrogen) atoms. The lowest BCUT2D eigenvalue weighted by atomic mass is 9.47. The molecule has 70 valence electrons. The Morgan fingerprint density at radius 1 is 1.42 bits per heavy atom. The number of fused-ring (bicyclic) bond motifs is 1. The zero-order valence-electron chi connectivity index (χ0n) is 7.88. The van der Waals surface area contributed by atoms with E-state index in [4.69, 9.17) is 5.11 Å². The van der Waals surface area contributed by atoms with Crippen molar-refractivity contribution in [2.45, 2.75) is 38.7 Å². The van der Waals surface area contributed by atoms with Crippen molar-refractivity contribution in [2.75, 3.05) is 6.61 Å². The molecule has 4 unspecified atom stereocenters. The molecule has 0 aromatic rings. The summed E-state index contributed by atoms with van der Waals surface area (Å²) in [5.41, 5.74) is -0.524. The first-order valence-electron chi connectivity index (χ1n) is 4.87. The maximum Gasteiger partial charge on any atom is 0.0728 e. The second kappa shape index (κ2) is 2.24. The highest BCUT2D eigenvalue weighted by Crippen LogP contribution is 2.66. The molecule has 4 atom stereocenters. The molecule has 0 bridgehead atoms. The van der Waals surface area contributed by atoms with E-state index in [1.807, 2.05) is 6.92 Å². The van der Waals surface area contributed by atoms with Gasteiger partial charge in [0.2, 0.25) is 0 Å². The van der Waals surface area contributed by atoms with Crippen molar-refractivity contribution in [1.29, 1.82) is 0 Å². The first kappa shape index (κ1) is 8.52. The van der Waals surface area contributed by atoms with Crippen LogP contribution in [0.2, 0.25) is 0 Å². The van der Waals surface area contributed by atoms with E-state index in [9.17, 15) is 5.11 Å². The molecule has 0 radical (unpaired) electrons. The summed E-state index contributed by atoms with van der Waals surface area (Å²) in [6.45, 7) is 4.19. The summed E-state index contributed by atoms with van der Waals surface area (Å²) >= 11 is 0. The molecule has 0 aromatic carbocycles. The maximum atomic E-state index is 10.1. The van der Waals surface area contributed by atoms with E-state index < -0.39 is 5.60 Å². The van der Waals surface area contributed by atoms with Gasteiger partial charge in [-0.1, -0.05) is 13.3 Å². The first-order chi connectivity index (χ1) is 5.54. The van der Waals surface area contributed by atoms with E-state index in [1.165, 1.54) is 12.8 Å². The molecule has 0 aromatic heterocycles. The van der Waals surface area contributed by atoms with Crippen LogP contribution in [0, 0.1) is 17.3 Å². The number of hydrogen-bond donors (Lipinski definition) is 2. The fourth-order valence-electron chi connectivity index (χ4n) is 3.49. The average Bonchev–Trinajstić information content (AvgIpc) is 2.33. The Bertz CT molecular complexity index is 200. The molecule has 0 heterocycles. The third-order valence-corrected chi connectivity index (χ3v) is 4.59. The quantitative estimate of drug-likeness (QED) is 0.620. The van der Waals surface area contributed by atoms with E-state index >= 15 is 0 Å². The molecule has 2 nitrogen and oxygen atoms in total. The van der Waals surface area contributed by atoms with Gasteiger partial charge in [0.25, 0.3) is 0 Å². The number of aliphatic hydroxyl groups is 2. The highest BCUT2D eigenvalue weighted by atomic mass is 16.3. The summed E-state index contributed by atoms with van der Waals surface area (Å²) in [7, 11) is 0.